The molecule has 10 heteroatoms. The molecule has 0 atom stereocenters. The number of rotatable bonds is 7. The summed E-state index contributed by atoms with van der Waals surface area (Å²) < 4.78 is 18.3. The van der Waals surface area contributed by atoms with E-state index in [0.717, 1.165) is 61.3 Å². The van der Waals surface area contributed by atoms with Gasteiger partial charge in [-0.2, -0.15) is 4.98 Å². The maximum absolute atomic E-state index is 5.49. The van der Waals surface area contributed by atoms with Crippen LogP contribution >= 0.6 is 0 Å². The van der Waals surface area contributed by atoms with Crippen LogP contribution in [0, 0.1) is 0 Å². The van der Waals surface area contributed by atoms with Gasteiger partial charge in [0, 0.05) is 37.3 Å². The molecule has 2 aromatic heterocycles. The van der Waals surface area contributed by atoms with Crippen LogP contribution in [0.2, 0.25) is 0 Å². The zero-order chi connectivity index (χ0) is 24.8. The number of aromatic nitrogens is 4. The molecule has 0 amide bonds. The Morgan fingerprint density at radius 2 is 1.69 bits per heavy atom. The van der Waals surface area contributed by atoms with Crippen LogP contribution in [-0.2, 0) is 13.0 Å². The Balaban J connectivity index is 0.00000141. The number of anilines is 3. The highest BCUT2D eigenvalue weighted by molar-refractivity contribution is 5.62. The minimum Gasteiger partial charge on any atom is -0.493 e. The van der Waals surface area contributed by atoms with Gasteiger partial charge in [0.25, 0.3) is 0 Å². The summed E-state index contributed by atoms with van der Waals surface area (Å²) in [6.07, 6.45) is 6.91. The molecule has 0 aliphatic carbocycles. The Morgan fingerprint density at radius 1 is 0.971 bits per heavy atom. The smallest absolute Gasteiger partial charge is 0.227 e. The molecule has 10 nitrogen and oxygen atoms in total. The SMILES string of the molecule is CC.COc1cc(-n2cnc(Nc3nc(N4CCCC4)nc4c3CCNC4)c2)cc(OC)c1OC. The average molecular weight is 482 g/mol. The maximum atomic E-state index is 5.49. The third-order valence-corrected chi connectivity index (χ3v) is 6.09. The molecule has 188 valence electrons. The van der Waals surface area contributed by atoms with Gasteiger partial charge >= 0.3 is 0 Å². The standard InChI is InChI=1S/C23H29N7O3.C2H6/c1-31-18-10-15(11-19(32-2)21(18)33-3)30-13-20(25-14-30)27-22-16-6-7-24-12-17(16)26-23(28-22)29-8-4-5-9-29;1-2/h10-11,13-14,24H,4-9,12H2,1-3H3,(H,26,27,28);1-2H3. The molecule has 1 aromatic carbocycles. The van der Waals surface area contributed by atoms with E-state index < -0.39 is 0 Å². The molecule has 0 bridgehead atoms. The third-order valence-electron chi connectivity index (χ3n) is 6.09. The second kappa shape index (κ2) is 11.3. The third kappa shape index (κ3) is 5.12. The number of nitrogens with zero attached hydrogens (tertiary/aromatic N) is 5. The monoisotopic (exact) mass is 481 g/mol. The molecule has 0 radical (unpaired) electrons. The van der Waals surface area contributed by atoms with Gasteiger partial charge in [0.05, 0.1) is 38.9 Å². The number of ether oxygens (including phenoxy) is 3. The number of nitrogens with one attached hydrogen (secondary N) is 2. The summed E-state index contributed by atoms with van der Waals surface area (Å²) in [5, 5.41) is 6.86. The van der Waals surface area contributed by atoms with Crippen molar-refractivity contribution in [3.8, 4) is 22.9 Å². The summed E-state index contributed by atoms with van der Waals surface area (Å²) in [4.78, 5) is 16.6. The lowest BCUT2D eigenvalue weighted by Gasteiger charge is -2.23. The van der Waals surface area contributed by atoms with Gasteiger partial charge in [-0.25, -0.2) is 9.97 Å². The van der Waals surface area contributed by atoms with E-state index in [0.29, 0.717) is 23.1 Å². The van der Waals surface area contributed by atoms with Crippen molar-refractivity contribution >= 4 is 17.6 Å². The fourth-order valence-electron chi connectivity index (χ4n) is 4.37. The molecule has 5 rings (SSSR count). The summed E-state index contributed by atoms with van der Waals surface area (Å²) in [6.45, 7) is 7.67. The lowest BCUT2D eigenvalue weighted by Crippen LogP contribution is -2.28. The molecule has 2 N–H and O–H groups in total. The zero-order valence-electron chi connectivity index (χ0n) is 21.2. The highest BCUT2D eigenvalue weighted by Crippen LogP contribution is 2.39. The Hall–Kier alpha value is -3.53. The first-order valence-corrected chi connectivity index (χ1v) is 12.2. The molecule has 35 heavy (non-hydrogen) atoms. The molecular formula is C25H35N7O3. The van der Waals surface area contributed by atoms with E-state index in [-0.39, 0.29) is 0 Å². The van der Waals surface area contributed by atoms with Gasteiger partial charge in [-0.05, 0) is 25.8 Å². The number of methoxy groups -OCH3 is 3. The molecule has 2 aliphatic rings. The molecule has 3 aromatic rings. The van der Waals surface area contributed by atoms with Crippen molar-refractivity contribution in [2.75, 3.05) is 51.2 Å². The van der Waals surface area contributed by atoms with Crippen molar-refractivity contribution < 1.29 is 14.2 Å². The predicted octanol–water partition coefficient (Wildman–Crippen LogP) is 3.70. The van der Waals surface area contributed by atoms with Crippen molar-refractivity contribution in [1.82, 2.24) is 24.8 Å². The van der Waals surface area contributed by atoms with Crippen molar-refractivity contribution in [3.63, 3.8) is 0 Å². The van der Waals surface area contributed by atoms with Crippen LogP contribution in [0.1, 0.15) is 37.9 Å². The van der Waals surface area contributed by atoms with E-state index in [4.69, 9.17) is 24.2 Å². The van der Waals surface area contributed by atoms with Crippen LogP contribution in [0.3, 0.4) is 0 Å². The van der Waals surface area contributed by atoms with Gasteiger partial charge in [-0.1, -0.05) is 13.8 Å². The topological polar surface area (TPSA) is 98.6 Å². The molecule has 1 saturated heterocycles. The average Bonchev–Trinajstić information content (AvgIpc) is 3.62. The summed E-state index contributed by atoms with van der Waals surface area (Å²) in [6, 6.07) is 3.77. The van der Waals surface area contributed by atoms with Gasteiger partial charge in [0.15, 0.2) is 11.5 Å². The number of fused-ring (bicyclic) bond motifs is 1. The van der Waals surface area contributed by atoms with E-state index >= 15 is 0 Å². The van der Waals surface area contributed by atoms with Crippen LogP contribution < -0.4 is 29.7 Å². The molecule has 0 unspecified atom stereocenters. The van der Waals surface area contributed by atoms with Gasteiger partial charge in [-0.3, -0.25) is 0 Å². The second-order valence-corrected chi connectivity index (χ2v) is 8.09. The van der Waals surface area contributed by atoms with E-state index in [1.54, 1.807) is 27.7 Å². The number of benzene rings is 1. The van der Waals surface area contributed by atoms with Crippen LogP contribution in [-0.4, -0.2) is 60.5 Å². The minimum atomic E-state index is 0.554. The summed E-state index contributed by atoms with van der Waals surface area (Å²) in [5.74, 6) is 4.05. The van der Waals surface area contributed by atoms with Gasteiger partial charge in [-0.15, -0.1) is 0 Å². The van der Waals surface area contributed by atoms with E-state index in [1.807, 2.05) is 36.7 Å². The van der Waals surface area contributed by atoms with E-state index in [2.05, 4.69) is 20.5 Å². The van der Waals surface area contributed by atoms with Crippen LogP contribution in [0.25, 0.3) is 5.69 Å². The van der Waals surface area contributed by atoms with Crippen LogP contribution in [0.5, 0.6) is 17.2 Å². The number of hydrogen-bond acceptors (Lipinski definition) is 9. The Bertz CT molecular complexity index is 1120. The largest absolute Gasteiger partial charge is 0.493 e. The Morgan fingerprint density at radius 3 is 2.34 bits per heavy atom. The first kappa shape index (κ1) is 24.6. The summed E-state index contributed by atoms with van der Waals surface area (Å²) in [7, 11) is 4.80. The molecule has 1 fully saturated rings. The van der Waals surface area contributed by atoms with Crippen molar-refractivity contribution in [3.05, 3.63) is 35.9 Å². The van der Waals surface area contributed by atoms with E-state index in [9.17, 15) is 0 Å². The summed E-state index contributed by atoms with van der Waals surface area (Å²) in [5.41, 5.74) is 3.06. The minimum absolute atomic E-state index is 0.554. The van der Waals surface area contributed by atoms with Crippen molar-refractivity contribution in [1.29, 1.82) is 0 Å². The molecular weight excluding hydrogens is 446 g/mol. The van der Waals surface area contributed by atoms with Crippen molar-refractivity contribution in [2.45, 2.75) is 39.7 Å². The predicted molar refractivity (Wildman–Crippen MR) is 137 cm³/mol. The lowest BCUT2D eigenvalue weighted by molar-refractivity contribution is 0.324. The van der Waals surface area contributed by atoms with Gasteiger partial charge in [0.2, 0.25) is 11.7 Å². The van der Waals surface area contributed by atoms with E-state index in [1.165, 1.54) is 12.8 Å². The highest BCUT2D eigenvalue weighted by Gasteiger charge is 2.22. The lowest BCUT2D eigenvalue weighted by atomic mass is 10.1. The maximum Gasteiger partial charge on any atom is 0.227 e. The molecule has 4 heterocycles. The zero-order valence-corrected chi connectivity index (χ0v) is 21.2. The van der Waals surface area contributed by atoms with Crippen LogP contribution in [0.15, 0.2) is 24.7 Å². The van der Waals surface area contributed by atoms with Crippen LogP contribution in [0.4, 0.5) is 17.6 Å². The Labute approximate surface area is 206 Å². The number of imidazole rings is 1. The number of hydrogen-bond donors (Lipinski definition) is 2. The summed E-state index contributed by atoms with van der Waals surface area (Å²) >= 11 is 0. The van der Waals surface area contributed by atoms with Gasteiger partial charge in [0.1, 0.15) is 18.0 Å². The molecule has 0 spiro atoms. The van der Waals surface area contributed by atoms with Gasteiger partial charge < -0.3 is 34.3 Å². The fraction of sp³-hybridized carbons (Fsp3) is 0.480. The Kier molecular flexibility index (Phi) is 7.91. The first-order valence-electron chi connectivity index (χ1n) is 12.2. The van der Waals surface area contributed by atoms with Crippen molar-refractivity contribution in [2.24, 2.45) is 0 Å². The highest BCUT2D eigenvalue weighted by atomic mass is 16.5. The fourth-order valence-corrected chi connectivity index (χ4v) is 4.37. The molecule has 2 aliphatic heterocycles. The normalized spacial score (nSPS) is 14.6. The quantitative estimate of drug-likeness (QED) is 0.523. The first-order chi connectivity index (χ1) is 17.2. The second-order valence-electron chi connectivity index (χ2n) is 8.09. The molecule has 0 saturated carbocycles.